The van der Waals surface area contributed by atoms with Gasteiger partial charge in [-0.3, -0.25) is 14.4 Å². The first-order valence-electron chi connectivity index (χ1n) is 6.64. The molecule has 0 aromatic carbocycles. The number of hydrogen-bond acceptors (Lipinski definition) is 3. The van der Waals surface area contributed by atoms with Crippen molar-refractivity contribution in [1.82, 2.24) is 9.96 Å². The van der Waals surface area contributed by atoms with Crippen molar-refractivity contribution in [3.05, 3.63) is 11.1 Å². The molecule has 5 nitrogen and oxygen atoms in total. The number of nitrogens with zero attached hydrogens (tertiary/aromatic N) is 2. The molecule has 0 spiro atoms. The molecule has 1 aliphatic carbocycles. The van der Waals surface area contributed by atoms with Crippen LogP contribution in [0, 0.1) is 0 Å². The Labute approximate surface area is 106 Å². The van der Waals surface area contributed by atoms with Gasteiger partial charge in [0.25, 0.3) is 11.8 Å². The SMILES string of the molecule is CON1C(=O)C2=C(CCCC2)C(=O)N2CCCC21. The average molecular weight is 250 g/mol. The van der Waals surface area contributed by atoms with E-state index in [0.29, 0.717) is 12.0 Å². The normalized spacial score (nSPS) is 28.4. The molecule has 3 rings (SSSR count). The van der Waals surface area contributed by atoms with Gasteiger partial charge in [-0.25, -0.2) is 0 Å². The highest BCUT2D eigenvalue weighted by molar-refractivity contribution is 6.06. The van der Waals surface area contributed by atoms with Crippen LogP contribution in [-0.4, -0.2) is 41.6 Å². The monoisotopic (exact) mass is 250 g/mol. The summed E-state index contributed by atoms with van der Waals surface area (Å²) in [5.41, 5.74) is 1.42. The number of hydroxylamine groups is 2. The second-order valence-electron chi connectivity index (χ2n) is 5.10. The lowest BCUT2D eigenvalue weighted by Gasteiger charge is -2.30. The number of hydrogen-bond donors (Lipinski definition) is 0. The summed E-state index contributed by atoms with van der Waals surface area (Å²) in [6.07, 6.45) is 4.98. The van der Waals surface area contributed by atoms with E-state index in [0.717, 1.165) is 44.2 Å². The van der Waals surface area contributed by atoms with Gasteiger partial charge in [-0.2, -0.15) is 5.06 Å². The van der Waals surface area contributed by atoms with Crippen LogP contribution in [-0.2, 0) is 14.4 Å². The molecule has 0 aromatic rings. The maximum atomic E-state index is 12.5. The minimum absolute atomic E-state index is 0.0556. The van der Waals surface area contributed by atoms with Gasteiger partial charge in [0.2, 0.25) is 0 Å². The molecular formula is C13H18N2O3. The Morgan fingerprint density at radius 3 is 2.39 bits per heavy atom. The van der Waals surface area contributed by atoms with Gasteiger partial charge in [-0.1, -0.05) is 0 Å². The molecular weight excluding hydrogens is 232 g/mol. The molecule has 5 heteroatoms. The van der Waals surface area contributed by atoms with Gasteiger partial charge in [0.15, 0.2) is 0 Å². The second kappa shape index (κ2) is 4.39. The van der Waals surface area contributed by atoms with E-state index in [9.17, 15) is 9.59 Å². The molecule has 98 valence electrons. The quantitative estimate of drug-likeness (QED) is 0.703. The molecule has 1 fully saturated rings. The van der Waals surface area contributed by atoms with E-state index in [1.54, 1.807) is 4.90 Å². The van der Waals surface area contributed by atoms with E-state index >= 15 is 0 Å². The summed E-state index contributed by atoms with van der Waals surface area (Å²) in [5, 5.41) is 1.40. The minimum Gasteiger partial charge on any atom is -0.316 e. The molecule has 1 saturated heterocycles. The zero-order valence-electron chi connectivity index (χ0n) is 10.6. The maximum absolute atomic E-state index is 12.5. The van der Waals surface area contributed by atoms with Gasteiger partial charge < -0.3 is 4.90 Å². The van der Waals surface area contributed by atoms with Crippen molar-refractivity contribution in [3.63, 3.8) is 0 Å². The standard InChI is InChI=1S/C13H18N2O3/c1-18-15-11-7-4-8-14(11)12(16)9-5-2-3-6-10(9)13(15)17/h11H,2-8H2,1H3. The van der Waals surface area contributed by atoms with Gasteiger partial charge in [-0.15, -0.1) is 0 Å². The topological polar surface area (TPSA) is 49.9 Å². The van der Waals surface area contributed by atoms with Crippen molar-refractivity contribution in [1.29, 1.82) is 0 Å². The first-order valence-corrected chi connectivity index (χ1v) is 6.64. The molecule has 2 heterocycles. The van der Waals surface area contributed by atoms with Gasteiger partial charge in [0, 0.05) is 17.7 Å². The van der Waals surface area contributed by atoms with E-state index < -0.39 is 0 Å². The molecule has 0 saturated carbocycles. The summed E-state index contributed by atoms with van der Waals surface area (Å²) in [5.74, 6) is -0.0462. The van der Waals surface area contributed by atoms with Crippen molar-refractivity contribution in [2.24, 2.45) is 0 Å². The molecule has 0 aromatic heterocycles. The number of fused-ring (bicyclic) bond motifs is 1. The zero-order valence-corrected chi connectivity index (χ0v) is 10.6. The molecule has 3 aliphatic rings. The van der Waals surface area contributed by atoms with Crippen molar-refractivity contribution in [2.75, 3.05) is 13.7 Å². The molecule has 18 heavy (non-hydrogen) atoms. The Kier molecular flexibility index (Phi) is 2.86. The molecule has 2 aliphatic heterocycles. The molecule has 1 atom stereocenters. The van der Waals surface area contributed by atoms with Crippen LogP contribution < -0.4 is 0 Å². The average Bonchev–Trinajstić information content (AvgIpc) is 2.85. The van der Waals surface area contributed by atoms with Crippen molar-refractivity contribution >= 4 is 11.8 Å². The van der Waals surface area contributed by atoms with Gasteiger partial charge in [0.05, 0.1) is 7.11 Å². The van der Waals surface area contributed by atoms with E-state index in [-0.39, 0.29) is 18.0 Å². The van der Waals surface area contributed by atoms with Crippen LogP contribution in [0.4, 0.5) is 0 Å². The fraction of sp³-hybridized carbons (Fsp3) is 0.692. The van der Waals surface area contributed by atoms with Crippen molar-refractivity contribution in [3.8, 4) is 0 Å². The number of carbonyl (C=O) groups is 2. The fourth-order valence-electron chi connectivity index (χ4n) is 3.25. The summed E-state index contributed by atoms with van der Waals surface area (Å²) in [4.78, 5) is 32.0. The third kappa shape index (κ3) is 1.57. The van der Waals surface area contributed by atoms with E-state index in [1.165, 1.54) is 12.2 Å². The van der Waals surface area contributed by atoms with E-state index in [4.69, 9.17) is 4.84 Å². The lowest BCUT2D eigenvalue weighted by Crippen LogP contribution is -2.47. The first-order chi connectivity index (χ1) is 8.74. The lowest BCUT2D eigenvalue weighted by molar-refractivity contribution is -0.197. The Bertz CT molecular complexity index is 422. The minimum atomic E-state index is -0.208. The smallest absolute Gasteiger partial charge is 0.275 e. The third-order valence-electron chi connectivity index (χ3n) is 4.13. The van der Waals surface area contributed by atoms with Crippen LogP contribution >= 0.6 is 0 Å². The summed E-state index contributed by atoms with van der Waals surface area (Å²) >= 11 is 0. The van der Waals surface area contributed by atoms with Crippen LogP contribution in [0.1, 0.15) is 38.5 Å². The van der Waals surface area contributed by atoms with Crippen LogP contribution in [0.2, 0.25) is 0 Å². The predicted molar refractivity (Wildman–Crippen MR) is 64.1 cm³/mol. The Hall–Kier alpha value is -1.36. The molecule has 1 unspecified atom stereocenters. The summed E-state index contributed by atoms with van der Waals surface area (Å²) in [7, 11) is 1.51. The largest absolute Gasteiger partial charge is 0.316 e. The zero-order chi connectivity index (χ0) is 12.7. The van der Waals surface area contributed by atoms with E-state index in [1.807, 2.05) is 0 Å². The first kappa shape index (κ1) is 11.7. The molecule has 0 N–H and O–H groups in total. The van der Waals surface area contributed by atoms with Crippen molar-refractivity contribution < 1.29 is 14.4 Å². The molecule has 2 amide bonds. The highest BCUT2D eigenvalue weighted by Crippen LogP contribution is 2.35. The molecule has 0 bridgehead atoms. The summed E-state index contributed by atoms with van der Waals surface area (Å²) < 4.78 is 0. The highest BCUT2D eigenvalue weighted by atomic mass is 16.7. The van der Waals surface area contributed by atoms with Crippen LogP contribution in [0.15, 0.2) is 11.1 Å². The highest BCUT2D eigenvalue weighted by Gasteiger charge is 2.43. The van der Waals surface area contributed by atoms with Crippen LogP contribution in [0.25, 0.3) is 0 Å². The van der Waals surface area contributed by atoms with Gasteiger partial charge in [-0.05, 0) is 38.5 Å². The number of carbonyl (C=O) groups excluding carboxylic acids is 2. The van der Waals surface area contributed by atoms with E-state index in [2.05, 4.69) is 0 Å². The summed E-state index contributed by atoms with van der Waals surface area (Å²) in [6.45, 7) is 0.730. The van der Waals surface area contributed by atoms with Crippen molar-refractivity contribution in [2.45, 2.75) is 44.7 Å². The fourth-order valence-corrected chi connectivity index (χ4v) is 3.25. The number of rotatable bonds is 1. The third-order valence-corrected chi connectivity index (χ3v) is 4.13. The van der Waals surface area contributed by atoms with Gasteiger partial charge >= 0.3 is 0 Å². The number of amides is 2. The maximum Gasteiger partial charge on any atom is 0.275 e. The predicted octanol–water partition coefficient (Wildman–Crippen LogP) is 1.21. The van der Waals surface area contributed by atoms with Crippen LogP contribution in [0.3, 0.4) is 0 Å². The summed E-state index contributed by atoms with van der Waals surface area (Å²) in [6, 6.07) is 0. The second-order valence-corrected chi connectivity index (χ2v) is 5.10. The van der Waals surface area contributed by atoms with Gasteiger partial charge in [0.1, 0.15) is 6.17 Å². The Morgan fingerprint density at radius 2 is 1.72 bits per heavy atom. The Balaban J connectivity index is 2.06. The lowest BCUT2D eigenvalue weighted by atomic mass is 9.90. The Morgan fingerprint density at radius 1 is 1.06 bits per heavy atom. The van der Waals surface area contributed by atoms with Crippen LogP contribution in [0.5, 0.6) is 0 Å². The molecule has 0 radical (unpaired) electrons.